The number of anilines is 1. The van der Waals surface area contributed by atoms with E-state index < -0.39 is 0 Å². The molecule has 4 heterocycles. The summed E-state index contributed by atoms with van der Waals surface area (Å²) in [7, 11) is 0. The van der Waals surface area contributed by atoms with Crippen LogP contribution < -0.4 is 10.1 Å². The van der Waals surface area contributed by atoms with Crippen molar-refractivity contribution in [3.05, 3.63) is 69.5 Å². The lowest BCUT2D eigenvalue weighted by molar-refractivity contribution is -0.112. The molecule has 1 aliphatic heterocycles. The summed E-state index contributed by atoms with van der Waals surface area (Å²) in [4.78, 5) is 23.6. The molecule has 7 nitrogen and oxygen atoms in total. The molecule has 8 heteroatoms. The van der Waals surface area contributed by atoms with Gasteiger partial charge in [0.1, 0.15) is 6.61 Å². The number of fused-ring (bicyclic) bond motifs is 3. The van der Waals surface area contributed by atoms with E-state index in [1.165, 1.54) is 11.3 Å². The van der Waals surface area contributed by atoms with Crippen molar-refractivity contribution < 1.29 is 9.53 Å². The van der Waals surface area contributed by atoms with Crippen molar-refractivity contribution >= 4 is 38.9 Å². The molecule has 0 atom stereocenters. The Morgan fingerprint density at radius 3 is 2.79 bits per heavy atom. The monoisotopic (exact) mass is 473 g/mol. The minimum Gasteiger partial charge on any atom is -0.472 e. The quantitative estimate of drug-likeness (QED) is 0.377. The molecule has 0 saturated carbocycles. The highest BCUT2D eigenvalue weighted by atomic mass is 32.1. The molecule has 1 aromatic carbocycles. The number of aromatic nitrogens is 4. The minimum atomic E-state index is -0.160. The third-order valence-electron chi connectivity index (χ3n) is 6.16. The van der Waals surface area contributed by atoms with Crippen LogP contribution in [0.15, 0.2) is 42.2 Å². The van der Waals surface area contributed by atoms with Gasteiger partial charge in [-0.1, -0.05) is 6.92 Å². The SMILES string of the molecule is CC/C(C(=O)Nc1nc(C)c(C)s1)=C1\c2cc3cnn(C(C)C)c3cc2COc2ncccc21. The Kier molecular flexibility index (Phi) is 5.69. The van der Waals surface area contributed by atoms with Crippen LogP contribution >= 0.6 is 11.3 Å². The number of carbonyl (C=O) groups excluding carboxylic acids is 1. The number of ether oxygens (including phenoxy) is 1. The van der Waals surface area contributed by atoms with Gasteiger partial charge in [0, 0.05) is 39.2 Å². The number of carbonyl (C=O) groups is 1. The molecular weight excluding hydrogens is 446 g/mol. The number of nitrogens with one attached hydrogen (secondary N) is 1. The first-order chi connectivity index (χ1) is 16.4. The lowest BCUT2D eigenvalue weighted by Crippen LogP contribution is -2.16. The molecule has 0 bridgehead atoms. The topological polar surface area (TPSA) is 81.9 Å². The predicted octanol–water partition coefficient (Wildman–Crippen LogP) is 5.83. The second-order valence-corrected chi connectivity index (χ2v) is 9.92. The van der Waals surface area contributed by atoms with E-state index in [4.69, 9.17) is 4.74 Å². The fourth-order valence-corrected chi connectivity index (χ4v) is 5.17. The van der Waals surface area contributed by atoms with Gasteiger partial charge in [0.2, 0.25) is 5.88 Å². The maximum atomic E-state index is 13.6. The van der Waals surface area contributed by atoms with Gasteiger partial charge in [-0.2, -0.15) is 5.10 Å². The summed E-state index contributed by atoms with van der Waals surface area (Å²) in [6.07, 6.45) is 4.14. The number of amides is 1. The molecule has 0 fully saturated rings. The van der Waals surface area contributed by atoms with Crippen LogP contribution in [0.25, 0.3) is 16.5 Å². The summed E-state index contributed by atoms with van der Waals surface area (Å²) in [5, 5.41) is 9.24. The highest BCUT2D eigenvalue weighted by Gasteiger charge is 2.27. The van der Waals surface area contributed by atoms with Crippen molar-refractivity contribution in [1.82, 2.24) is 19.7 Å². The van der Waals surface area contributed by atoms with E-state index in [9.17, 15) is 4.79 Å². The Hall–Kier alpha value is -3.52. The predicted molar refractivity (Wildman–Crippen MR) is 135 cm³/mol. The number of benzene rings is 1. The largest absolute Gasteiger partial charge is 0.472 e. The molecule has 1 aliphatic rings. The van der Waals surface area contributed by atoms with E-state index in [2.05, 4.69) is 46.4 Å². The zero-order chi connectivity index (χ0) is 24.0. The van der Waals surface area contributed by atoms with Crippen molar-refractivity contribution in [2.24, 2.45) is 0 Å². The van der Waals surface area contributed by atoms with Gasteiger partial charge in [-0.3, -0.25) is 14.8 Å². The Labute approximate surface area is 202 Å². The Morgan fingerprint density at radius 2 is 2.09 bits per heavy atom. The molecule has 4 aromatic rings. The van der Waals surface area contributed by atoms with Crippen LogP contribution in [-0.2, 0) is 11.4 Å². The van der Waals surface area contributed by atoms with Gasteiger partial charge >= 0.3 is 0 Å². The highest BCUT2D eigenvalue weighted by Crippen LogP contribution is 2.40. The van der Waals surface area contributed by atoms with Crippen molar-refractivity contribution in [2.45, 2.75) is 53.7 Å². The smallest absolute Gasteiger partial charge is 0.254 e. The van der Waals surface area contributed by atoms with Crippen LogP contribution in [0.1, 0.15) is 60.5 Å². The number of rotatable bonds is 4. The third kappa shape index (κ3) is 3.77. The fourth-order valence-electron chi connectivity index (χ4n) is 4.36. The molecule has 1 N–H and O–H groups in total. The molecule has 5 rings (SSSR count). The van der Waals surface area contributed by atoms with Crippen molar-refractivity contribution in [3.63, 3.8) is 0 Å². The number of thiazole rings is 1. The molecule has 0 spiro atoms. The van der Waals surface area contributed by atoms with E-state index in [0.717, 1.165) is 43.7 Å². The number of hydrogen-bond donors (Lipinski definition) is 1. The second-order valence-electron chi connectivity index (χ2n) is 8.72. The van der Waals surface area contributed by atoms with Crippen molar-refractivity contribution in [1.29, 1.82) is 0 Å². The van der Waals surface area contributed by atoms with Crippen molar-refractivity contribution in [2.75, 3.05) is 5.32 Å². The van der Waals surface area contributed by atoms with Crippen molar-refractivity contribution in [3.8, 4) is 5.88 Å². The summed E-state index contributed by atoms with van der Waals surface area (Å²) < 4.78 is 8.14. The third-order valence-corrected chi connectivity index (χ3v) is 7.15. The molecule has 0 radical (unpaired) electrons. The van der Waals surface area contributed by atoms with Gasteiger partial charge in [-0.15, -0.1) is 11.3 Å². The van der Waals surface area contributed by atoms with Gasteiger partial charge in [0.05, 0.1) is 17.4 Å². The van der Waals surface area contributed by atoms with Crippen LogP contribution in [0.4, 0.5) is 5.13 Å². The van der Waals surface area contributed by atoms with E-state index in [1.807, 2.05) is 43.8 Å². The van der Waals surface area contributed by atoms with Crippen LogP contribution in [0.5, 0.6) is 5.88 Å². The van der Waals surface area contributed by atoms with E-state index in [1.54, 1.807) is 6.20 Å². The number of pyridine rings is 1. The maximum Gasteiger partial charge on any atom is 0.254 e. The number of nitrogens with zero attached hydrogens (tertiary/aromatic N) is 4. The Morgan fingerprint density at radius 1 is 1.26 bits per heavy atom. The first-order valence-corrected chi connectivity index (χ1v) is 12.3. The number of hydrogen-bond acceptors (Lipinski definition) is 6. The lowest BCUT2D eigenvalue weighted by atomic mass is 9.89. The molecule has 34 heavy (non-hydrogen) atoms. The van der Waals surface area contributed by atoms with E-state index in [-0.39, 0.29) is 11.9 Å². The molecule has 0 unspecified atom stereocenters. The Balaban J connectivity index is 1.72. The number of aryl methyl sites for hydroxylation is 2. The van der Waals surface area contributed by atoms with Gasteiger partial charge in [0.15, 0.2) is 5.13 Å². The van der Waals surface area contributed by atoms with Gasteiger partial charge in [-0.05, 0) is 69.5 Å². The van der Waals surface area contributed by atoms with E-state index >= 15 is 0 Å². The van der Waals surface area contributed by atoms with Gasteiger partial charge in [-0.25, -0.2) is 9.97 Å². The highest BCUT2D eigenvalue weighted by molar-refractivity contribution is 7.15. The zero-order valence-corrected chi connectivity index (χ0v) is 20.8. The van der Waals surface area contributed by atoms with Gasteiger partial charge in [0.25, 0.3) is 5.91 Å². The van der Waals surface area contributed by atoms with E-state index in [0.29, 0.717) is 29.6 Å². The zero-order valence-electron chi connectivity index (χ0n) is 20.0. The molecule has 1 amide bonds. The molecule has 3 aromatic heterocycles. The standard InChI is InChI=1S/C26H27N5O2S/c1-6-19(24(32)30-26-29-15(4)16(5)34-26)23-20-8-7-9-27-25(20)33-13-18-11-22-17(10-21(18)23)12-28-31(22)14(2)3/h7-12,14H,6,13H2,1-5H3,(H,29,30,32)/b23-19+. The average Bonchev–Trinajstić information content (AvgIpc) is 3.32. The minimum absolute atomic E-state index is 0.160. The normalized spacial score (nSPS) is 14.4. The Bertz CT molecular complexity index is 1430. The van der Waals surface area contributed by atoms with Crippen LogP contribution in [0.2, 0.25) is 0 Å². The summed E-state index contributed by atoms with van der Waals surface area (Å²) >= 11 is 1.49. The first-order valence-electron chi connectivity index (χ1n) is 11.4. The molecule has 0 saturated heterocycles. The maximum absolute atomic E-state index is 13.6. The second kappa shape index (κ2) is 8.68. The summed E-state index contributed by atoms with van der Waals surface area (Å²) in [5.74, 6) is 0.370. The average molecular weight is 474 g/mol. The first kappa shape index (κ1) is 22.3. The molecule has 0 aliphatic carbocycles. The van der Waals surface area contributed by atoms with Crippen LogP contribution in [-0.4, -0.2) is 25.7 Å². The summed E-state index contributed by atoms with van der Waals surface area (Å²) in [5.41, 5.74) is 6.28. The summed E-state index contributed by atoms with van der Waals surface area (Å²) in [6, 6.07) is 8.33. The fraction of sp³-hybridized carbons (Fsp3) is 0.308. The molecular formula is C26H27N5O2S. The van der Waals surface area contributed by atoms with Gasteiger partial charge < -0.3 is 4.74 Å². The summed E-state index contributed by atoms with van der Waals surface area (Å²) in [6.45, 7) is 10.5. The lowest BCUT2D eigenvalue weighted by Gasteiger charge is -2.16. The van der Waals surface area contributed by atoms with Crippen LogP contribution in [0, 0.1) is 13.8 Å². The molecule has 174 valence electrons. The van der Waals surface area contributed by atoms with Crippen LogP contribution in [0.3, 0.4) is 0 Å².